The van der Waals surface area contributed by atoms with E-state index in [4.69, 9.17) is 10.5 Å². The topological polar surface area (TPSA) is 61.5 Å². The van der Waals surface area contributed by atoms with Crippen LogP contribution in [0.4, 0.5) is 0 Å². The minimum atomic E-state index is -0.606. The molecule has 2 atom stereocenters. The van der Waals surface area contributed by atoms with Crippen molar-refractivity contribution in [1.29, 1.82) is 0 Å². The third-order valence-corrected chi connectivity index (χ3v) is 2.59. The number of ether oxygens (including phenoxy) is 2. The molecule has 0 aliphatic rings. The molecule has 1 rings (SSSR count). The van der Waals surface area contributed by atoms with E-state index in [0.717, 1.165) is 12.0 Å². The number of nitrogens with two attached hydrogens (primary N) is 1. The van der Waals surface area contributed by atoms with E-state index in [9.17, 15) is 4.79 Å². The number of hydrogen-bond donors (Lipinski definition) is 1. The molecule has 1 aromatic rings. The van der Waals surface area contributed by atoms with Crippen molar-refractivity contribution in [2.45, 2.75) is 32.4 Å². The van der Waals surface area contributed by atoms with Crippen LogP contribution in [-0.2, 0) is 9.53 Å². The summed E-state index contributed by atoms with van der Waals surface area (Å²) < 4.78 is 10.00. The minimum Gasteiger partial charge on any atom is -0.479 e. The molecule has 1 aromatic carbocycles. The number of hydrogen-bond acceptors (Lipinski definition) is 4. The maximum atomic E-state index is 11.2. The lowest BCUT2D eigenvalue weighted by Gasteiger charge is -2.14. The van der Waals surface area contributed by atoms with Gasteiger partial charge in [-0.3, -0.25) is 0 Å². The molecule has 4 nitrogen and oxygen atoms in total. The van der Waals surface area contributed by atoms with Crippen LogP contribution in [-0.4, -0.2) is 19.2 Å². The van der Waals surface area contributed by atoms with E-state index < -0.39 is 6.10 Å². The van der Waals surface area contributed by atoms with Crippen LogP contribution in [0.25, 0.3) is 0 Å². The molecule has 94 valence electrons. The molecule has 2 N–H and O–H groups in total. The SMILES string of the molecule is CC[C@H](N)c1ccc(OC(C)C(=O)OC)cc1. The van der Waals surface area contributed by atoms with Gasteiger partial charge in [-0.25, -0.2) is 4.79 Å². The third-order valence-electron chi connectivity index (χ3n) is 2.59. The Morgan fingerprint density at radius 2 is 1.94 bits per heavy atom. The molecule has 17 heavy (non-hydrogen) atoms. The van der Waals surface area contributed by atoms with Crippen LogP contribution in [0.15, 0.2) is 24.3 Å². The lowest BCUT2D eigenvalue weighted by molar-refractivity contribution is -0.147. The summed E-state index contributed by atoms with van der Waals surface area (Å²) in [6.45, 7) is 3.69. The molecule has 0 fully saturated rings. The van der Waals surface area contributed by atoms with Crippen LogP contribution in [0.2, 0.25) is 0 Å². The van der Waals surface area contributed by atoms with E-state index in [1.54, 1.807) is 6.92 Å². The third kappa shape index (κ3) is 3.75. The first kappa shape index (κ1) is 13.5. The summed E-state index contributed by atoms with van der Waals surface area (Å²) in [4.78, 5) is 11.2. The van der Waals surface area contributed by atoms with Gasteiger partial charge < -0.3 is 15.2 Å². The van der Waals surface area contributed by atoms with Crippen molar-refractivity contribution >= 4 is 5.97 Å². The Balaban J connectivity index is 2.65. The quantitative estimate of drug-likeness (QED) is 0.796. The van der Waals surface area contributed by atoms with Crippen LogP contribution in [0, 0.1) is 0 Å². The molecule has 0 bridgehead atoms. The molecule has 0 radical (unpaired) electrons. The fourth-order valence-corrected chi connectivity index (χ4v) is 1.45. The first-order valence-corrected chi connectivity index (χ1v) is 5.68. The van der Waals surface area contributed by atoms with Crippen LogP contribution < -0.4 is 10.5 Å². The van der Waals surface area contributed by atoms with E-state index >= 15 is 0 Å². The van der Waals surface area contributed by atoms with Gasteiger partial charge in [-0.2, -0.15) is 0 Å². The zero-order valence-electron chi connectivity index (χ0n) is 10.5. The Kier molecular flexibility index (Phi) is 4.97. The molecule has 0 aliphatic heterocycles. The summed E-state index contributed by atoms with van der Waals surface area (Å²) in [6.07, 6.45) is 0.282. The van der Waals surface area contributed by atoms with Crippen LogP contribution in [0.3, 0.4) is 0 Å². The largest absolute Gasteiger partial charge is 0.479 e. The standard InChI is InChI=1S/C13H19NO3/c1-4-12(14)10-5-7-11(8-6-10)17-9(2)13(15)16-3/h5-9,12H,4,14H2,1-3H3/t9?,12-/m0/s1. The van der Waals surface area contributed by atoms with Crippen molar-refractivity contribution in [2.75, 3.05) is 7.11 Å². The number of methoxy groups -OCH3 is 1. The number of rotatable bonds is 5. The van der Waals surface area contributed by atoms with Gasteiger partial charge in [-0.05, 0) is 31.0 Å². The Hall–Kier alpha value is -1.55. The summed E-state index contributed by atoms with van der Waals surface area (Å²) in [7, 11) is 1.34. The van der Waals surface area contributed by atoms with Gasteiger partial charge in [-0.1, -0.05) is 19.1 Å². The Labute approximate surface area is 102 Å². The first-order chi connectivity index (χ1) is 8.08. The predicted molar refractivity (Wildman–Crippen MR) is 65.8 cm³/mol. The van der Waals surface area contributed by atoms with Gasteiger partial charge in [0.05, 0.1) is 7.11 Å². The average Bonchev–Trinajstić information content (AvgIpc) is 2.37. The van der Waals surface area contributed by atoms with Gasteiger partial charge in [0, 0.05) is 6.04 Å². The summed E-state index contributed by atoms with van der Waals surface area (Å²) in [5.41, 5.74) is 6.96. The lowest BCUT2D eigenvalue weighted by Crippen LogP contribution is -2.24. The van der Waals surface area contributed by atoms with E-state index in [2.05, 4.69) is 4.74 Å². The Morgan fingerprint density at radius 1 is 1.35 bits per heavy atom. The predicted octanol–water partition coefficient (Wildman–Crippen LogP) is 2.04. The molecular formula is C13H19NO3. The van der Waals surface area contributed by atoms with Crippen molar-refractivity contribution in [2.24, 2.45) is 5.73 Å². The highest BCUT2D eigenvalue weighted by Gasteiger charge is 2.14. The van der Waals surface area contributed by atoms with Gasteiger partial charge in [0.2, 0.25) is 0 Å². The zero-order chi connectivity index (χ0) is 12.8. The smallest absolute Gasteiger partial charge is 0.346 e. The van der Waals surface area contributed by atoms with Crippen LogP contribution in [0.5, 0.6) is 5.75 Å². The van der Waals surface area contributed by atoms with Crippen LogP contribution >= 0.6 is 0 Å². The molecule has 0 aliphatic carbocycles. The molecule has 0 heterocycles. The molecule has 0 amide bonds. The molecule has 0 saturated heterocycles. The summed E-state index contributed by atoms with van der Waals surface area (Å²) in [6, 6.07) is 7.48. The monoisotopic (exact) mass is 237 g/mol. The van der Waals surface area contributed by atoms with Gasteiger partial charge in [-0.15, -0.1) is 0 Å². The molecule has 1 unspecified atom stereocenters. The minimum absolute atomic E-state index is 0.0436. The highest BCUT2D eigenvalue weighted by atomic mass is 16.6. The highest BCUT2D eigenvalue weighted by molar-refractivity contribution is 5.74. The van der Waals surface area contributed by atoms with Crippen molar-refractivity contribution in [3.05, 3.63) is 29.8 Å². The molecule has 0 aromatic heterocycles. The molecule has 0 spiro atoms. The number of carbonyl (C=O) groups is 1. The van der Waals surface area contributed by atoms with Crippen molar-refractivity contribution < 1.29 is 14.3 Å². The second-order valence-electron chi connectivity index (χ2n) is 3.87. The summed E-state index contributed by atoms with van der Waals surface area (Å²) in [5.74, 6) is 0.245. The second kappa shape index (κ2) is 6.25. The average molecular weight is 237 g/mol. The fourth-order valence-electron chi connectivity index (χ4n) is 1.45. The van der Waals surface area contributed by atoms with E-state index in [1.807, 2.05) is 31.2 Å². The van der Waals surface area contributed by atoms with Gasteiger partial charge in [0.1, 0.15) is 5.75 Å². The fraction of sp³-hybridized carbons (Fsp3) is 0.462. The van der Waals surface area contributed by atoms with Crippen molar-refractivity contribution in [3.8, 4) is 5.75 Å². The van der Waals surface area contributed by atoms with Crippen molar-refractivity contribution in [3.63, 3.8) is 0 Å². The number of carbonyl (C=O) groups excluding carboxylic acids is 1. The Morgan fingerprint density at radius 3 is 2.41 bits per heavy atom. The maximum absolute atomic E-state index is 11.2. The number of benzene rings is 1. The first-order valence-electron chi connectivity index (χ1n) is 5.68. The van der Waals surface area contributed by atoms with Gasteiger partial charge in [0.25, 0.3) is 0 Å². The summed E-state index contributed by atoms with van der Waals surface area (Å²) in [5, 5.41) is 0. The van der Waals surface area contributed by atoms with E-state index in [1.165, 1.54) is 7.11 Å². The number of esters is 1. The van der Waals surface area contributed by atoms with Gasteiger partial charge in [0.15, 0.2) is 6.10 Å². The van der Waals surface area contributed by atoms with Crippen LogP contribution in [0.1, 0.15) is 31.9 Å². The molecular weight excluding hydrogens is 218 g/mol. The maximum Gasteiger partial charge on any atom is 0.346 e. The van der Waals surface area contributed by atoms with E-state index in [0.29, 0.717) is 5.75 Å². The van der Waals surface area contributed by atoms with Crippen molar-refractivity contribution in [1.82, 2.24) is 0 Å². The summed E-state index contributed by atoms with van der Waals surface area (Å²) >= 11 is 0. The Bertz CT molecular complexity index is 361. The lowest BCUT2D eigenvalue weighted by atomic mass is 10.1. The second-order valence-corrected chi connectivity index (χ2v) is 3.87. The van der Waals surface area contributed by atoms with Gasteiger partial charge >= 0.3 is 5.97 Å². The molecule has 4 heteroatoms. The zero-order valence-corrected chi connectivity index (χ0v) is 10.5. The normalized spacial score (nSPS) is 13.9. The van der Waals surface area contributed by atoms with E-state index in [-0.39, 0.29) is 12.0 Å². The highest BCUT2D eigenvalue weighted by Crippen LogP contribution is 2.19. The molecule has 0 saturated carbocycles.